The summed E-state index contributed by atoms with van der Waals surface area (Å²) >= 11 is 0. The Morgan fingerprint density at radius 3 is 2.68 bits per heavy atom. The second-order valence-electron chi connectivity index (χ2n) is 5.96. The lowest BCUT2D eigenvalue weighted by atomic mass is 9.89. The number of nitrogens with zero attached hydrogens (tertiary/aromatic N) is 1. The number of ether oxygens (including phenoxy) is 1. The Morgan fingerprint density at radius 2 is 1.91 bits per heavy atom. The van der Waals surface area contributed by atoms with Crippen molar-refractivity contribution >= 4 is 5.78 Å². The fourth-order valence-corrected chi connectivity index (χ4v) is 3.45. The number of nitriles is 1. The molecule has 1 aliphatic heterocycles. The Kier molecular flexibility index (Phi) is 2.88. The van der Waals surface area contributed by atoms with Gasteiger partial charge in [0, 0.05) is 5.56 Å². The van der Waals surface area contributed by atoms with E-state index in [0.717, 1.165) is 36.0 Å². The number of hydrogen-bond donors (Lipinski definition) is 0. The van der Waals surface area contributed by atoms with Gasteiger partial charge in [-0.2, -0.15) is 5.26 Å². The van der Waals surface area contributed by atoms with Crippen molar-refractivity contribution in [3.8, 4) is 6.07 Å². The quantitative estimate of drug-likeness (QED) is 0.754. The molecule has 0 N–H and O–H groups in total. The first-order chi connectivity index (χ1) is 10.7. The second-order valence-corrected chi connectivity index (χ2v) is 5.96. The Labute approximate surface area is 129 Å². The van der Waals surface area contributed by atoms with Crippen LogP contribution in [0.3, 0.4) is 0 Å². The highest BCUT2D eigenvalue weighted by atomic mass is 16.6. The maximum absolute atomic E-state index is 13.0. The number of hydrogen-bond acceptors (Lipinski definition) is 3. The highest BCUT2D eigenvalue weighted by molar-refractivity contribution is 6.06. The predicted molar refractivity (Wildman–Crippen MR) is 81.4 cm³/mol. The molecule has 0 aromatic heterocycles. The number of rotatable bonds is 1. The normalized spacial score (nSPS) is 26.1. The van der Waals surface area contributed by atoms with Crippen molar-refractivity contribution < 1.29 is 9.53 Å². The first kappa shape index (κ1) is 13.2. The SMILES string of the molecule is N#Cc1ccc([C@@H]2O[C@]23CCCc2ccccc2C3=O)cc1. The van der Waals surface area contributed by atoms with Gasteiger partial charge in [-0.05, 0) is 42.5 Å². The van der Waals surface area contributed by atoms with Gasteiger partial charge in [0.05, 0.1) is 11.6 Å². The van der Waals surface area contributed by atoms with Gasteiger partial charge in [-0.25, -0.2) is 0 Å². The molecule has 2 aromatic rings. The molecule has 1 saturated heterocycles. The second kappa shape index (κ2) is 4.79. The minimum absolute atomic E-state index is 0.106. The number of aryl methyl sites for hydroxylation is 1. The van der Waals surface area contributed by atoms with Crippen LogP contribution in [0, 0.1) is 11.3 Å². The third-order valence-electron chi connectivity index (χ3n) is 4.68. The number of carbonyl (C=O) groups is 1. The van der Waals surface area contributed by atoms with Gasteiger partial charge in [-0.15, -0.1) is 0 Å². The zero-order valence-electron chi connectivity index (χ0n) is 12.1. The Hall–Kier alpha value is -2.44. The standard InChI is InChI=1S/C19H15NO2/c20-12-13-7-9-15(10-8-13)18-19(22-18)11-3-5-14-4-1-2-6-16(14)17(19)21/h1-2,4,6-10,18H,3,5,11H2/t18-,19-/m0/s1. The minimum Gasteiger partial charge on any atom is -0.352 e. The minimum atomic E-state index is -0.694. The molecule has 22 heavy (non-hydrogen) atoms. The number of epoxide rings is 1. The van der Waals surface area contributed by atoms with Crippen molar-refractivity contribution in [1.29, 1.82) is 5.26 Å². The fraction of sp³-hybridized carbons (Fsp3) is 0.263. The van der Waals surface area contributed by atoms with Crippen LogP contribution in [-0.2, 0) is 11.2 Å². The number of ketones is 1. The molecule has 0 saturated carbocycles. The van der Waals surface area contributed by atoms with E-state index in [1.807, 2.05) is 36.4 Å². The van der Waals surface area contributed by atoms with Crippen molar-refractivity contribution in [2.45, 2.75) is 31.0 Å². The van der Waals surface area contributed by atoms with Crippen LogP contribution >= 0.6 is 0 Å². The molecule has 1 aliphatic carbocycles. The average molecular weight is 289 g/mol. The molecule has 1 spiro atoms. The number of benzene rings is 2. The molecule has 4 rings (SSSR count). The summed E-state index contributed by atoms with van der Waals surface area (Å²) in [5.74, 6) is 0.106. The summed E-state index contributed by atoms with van der Waals surface area (Å²) in [7, 11) is 0. The third kappa shape index (κ3) is 1.88. The molecule has 2 aromatic carbocycles. The van der Waals surface area contributed by atoms with Gasteiger partial charge in [0.1, 0.15) is 6.10 Å². The zero-order valence-corrected chi connectivity index (χ0v) is 12.1. The van der Waals surface area contributed by atoms with E-state index < -0.39 is 5.60 Å². The summed E-state index contributed by atoms with van der Waals surface area (Å²) in [6.45, 7) is 0. The van der Waals surface area contributed by atoms with Gasteiger partial charge in [0.2, 0.25) is 0 Å². The molecule has 3 heteroatoms. The molecular formula is C19H15NO2. The van der Waals surface area contributed by atoms with Crippen LogP contribution in [0.15, 0.2) is 48.5 Å². The van der Waals surface area contributed by atoms with E-state index >= 15 is 0 Å². The van der Waals surface area contributed by atoms with Crippen LogP contribution < -0.4 is 0 Å². The van der Waals surface area contributed by atoms with Gasteiger partial charge in [-0.3, -0.25) is 4.79 Å². The lowest BCUT2D eigenvalue weighted by Gasteiger charge is -2.09. The van der Waals surface area contributed by atoms with Crippen LogP contribution in [0.2, 0.25) is 0 Å². The summed E-state index contributed by atoms with van der Waals surface area (Å²) in [6, 6.07) is 17.3. The van der Waals surface area contributed by atoms with Gasteiger partial charge < -0.3 is 4.74 Å². The van der Waals surface area contributed by atoms with E-state index in [9.17, 15) is 4.79 Å². The van der Waals surface area contributed by atoms with Crippen molar-refractivity contribution in [2.24, 2.45) is 0 Å². The first-order valence-corrected chi connectivity index (χ1v) is 7.55. The Balaban J connectivity index is 1.68. The van der Waals surface area contributed by atoms with Crippen LogP contribution in [0.1, 0.15) is 46.0 Å². The number of fused-ring (bicyclic) bond motifs is 1. The molecular weight excluding hydrogens is 274 g/mol. The Morgan fingerprint density at radius 1 is 1.14 bits per heavy atom. The van der Waals surface area contributed by atoms with Gasteiger partial charge >= 0.3 is 0 Å². The fourth-order valence-electron chi connectivity index (χ4n) is 3.45. The summed E-state index contributed by atoms with van der Waals surface area (Å²) in [4.78, 5) is 13.0. The maximum Gasteiger partial charge on any atom is 0.197 e. The molecule has 0 amide bonds. The van der Waals surface area contributed by atoms with Crippen molar-refractivity contribution in [3.63, 3.8) is 0 Å². The highest BCUT2D eigenvalue weighted by Gasteiger charge is 2.62. The van der Waals surface area contributed by atoms with Crippen LogP contribution in [0.4, 0.5) is 0 Å². The maximum atomic E-state index is 13.0. The van der Waals surface area contributed by atoms with E-state index in [0.29, 0.717) is 5.56 Å². The van der Waals surface area contributed by atoms with E-state index in [-0.39, 0.29) is 11.9 Å². The molecule has 0 bridgehead atoms. The van der Waals surface area contributed by atoms with E-state index in [1.54, 1.807) is 12.1 Å². The van der Waals surface area contributed by atoms with Gasteiger partial charge in [-0.1, -0.05) is 36.4 Å². The summed E-state index contributed by atoms with van der Waals surface area (Å²) in [5.41, 5.74) is 2.83. The number of carbonyl (C=O) groups excluding carboxylic acids is 1. The largest absolute Gasteiger partial charge is 0.352 e. The van der Waals surface area contributed by atoms with Crippen molar-refractivity contribution in [3.05, 3.63) is 70.8 Å². The van der Waals surface area contributed by atoms with Crippen molar-refractivity contribution in [1.82, 2.24) is 0 Å². The van der Waals surface area contributed by atoms with Gasteiger partial charge in [0.15, 0.2) is 11.4 Å². The lowest BCUT2D eigenvalue weighted by Crippen LogP contribution is -2.24. The summed E-state index contributed by atoms with van der Waals surface area (Å²) < 4.78 is 5.92. The van der Waals surface area contributed by atoms with E-state index in [4.69, 9.17) is 10.00 Å². The monoisotopic (exact) mass is 289 g/mol. The van der Waals surface area contributed by atoms with Crippen LogP contribution in [0.5, 0.6) is 0 Å². The molecule has 1 fully saturated rings. The average Bonchev–Trinajstić information content (AvgIpc) is 3.32. The van der Waals surface area contributed by atoms with E-state index in [2.05, 4.69) is 6.07 Å². The first-order valence-electron chi connectivity index (χ1n) is 7.55. The highest BCUT2D eigenvalue weighted by Crippen LogP contribution is 2.55. The topological polar surface area (TPSA) is 53.4 Å². The van der Waals surface area contributed by atoms with Crippen molar-refractivity contribution in [2.75, 3.05) is 0 Å². The zero-order chi connectivity index (χ0) is 15.2. The molecule has 3 nitrogen and oxygen atoms in total. The van der Waals surface area contributed by atoms with E-state index in [1.165, 1.54) is 0 Å². The van der Waals surface area contributed by atoms with Crippen LogP contribution in [0.25, 0.3) is 0 Å². The summed E-state index contributed by atoms with van der Waals surface area (Å²) in [6.07, 6.45) is 2.45. The molecule has 0 radical (unpaired) electrons. The smallest absolute Gasteiger partial charge is 0.197 e. The lowest BCUT2D eigenvalue weighted by molar-refractivity contribution is 0.0867. The molecule has 2 aliphatic rings. The van der Waals surface area contributed by atoms with Crippen LogP contribution in [-0.4, -0.2) is 11.4 Å². The predicted octanol–water partition coefficient (Wildman–Crippen LogP) is 3.59. The molecule has 108 valence electrons. The number of Topliss-reactive ketones (excluding diaryl/α,β-unsaturated/α-hetero) is 1. The summed E-state index contributed by atoms with van der Waals surface area (Å²) in [5, 5.41) is 8.88. The molecule has 1 heterocycles. The third-order valence-corrected chi connectivity index (χ3v) is 4.68. The van der Waals surface area contributed by atoms with Gasteiger partial charge in [0.25, 0.3) is 0 Å². The molecule has 0 unspecified atom stereocenters. The molecule has 2 atom stereocenters. The Bertz CT molecular complexity index is 788.